The topological polar surface area (TPSA) is 149 Å². The van der Waals surface area contributed by atoms with Crippen LogP contribution >= 0.6 is 0 Å². The van der Waals surface area contributed by atoms with Crippen molar-refractivity contribution < 1.29 is 66.4 Å². The van der Waals surface area contributed by atoms with Crippen LogP contribution in [0.1, 0.15) is 29.0 Å². The van der Waals surface area contributed by atoms with Gasteiger partial charge in [0.15, 0.2) is 0 Å². The molecule has 1 aliphatic rings. The van der Waals surface area contributed by atoms with Crippen LogP contribution < -0.4 is 5.32 Å². The molecule has 0 atom stereocenters. The molecule has 0 saturated heterocycles. The lowest BCUT2D eigenvalue weighted by Crippen LogP contribution is -2.27. The lowest BCUT2D eigenvalue weighted by molar-refractivity contribution is -0.0285. The van der Waals surface area contributed by atoms with Gasteiger partial charge < -0.3 is 66.9 Å². The maximum atomic E-state index is 12.3. The first-order chi connectivity index (χ1) is 30.8. The Morgan fingerprint density at radius 1 is 0.387 bits per heavy atom. The van der Waals surface area contributed by atoms with Crippen molar-refractivity contribution in [3.63, 3.8) is 0 Å². The van der Waals surface area contributed by atoms with E-state index in [1.54, 1.807) is 0 Å². The summed E-state index contributed by atoms with van der Waals surface area (Å²) >= 11 is 0. The van der Waals surface area contributed by atoms with Crippen LogP contribution in [0.2, 0.25) is 0 Å². The second-order valence-electron chi connectivity index (χ2n) is 13.9. The maximum absolute atomic E-state index is 12.3. The lowest BCUT2D eigenvalue weighted by Gasteiger charge is -2.14. The first-order valence-corrected chi connectivity index (χ1v) is 21.9. The minimum atomic E-state index is -0.416. The molecule has 0 fully saturated rings. The molecule has 1 amide bonds. The molecule has 0 unspecified atom stereocenters. The van der Waals surface area contributed by atoms with Gasteiger partial charge in [0.05, 0.1) is 152 Å². The van der Waals surface area contributed by atoms with E-state index in [0.29, 0.717) is 178 Å². The summed E-state index contributed by atoms with van der Waals surface area (Å²) in [6.07, 6.45) is 0.266. The Balaban J connectivity index is 0.756. The van der Waals surface area contributed by atoms with E-state index in [4.69, 9.17) is 61.6 Å². The largest absolute Gasteiger partial charge is 0.449 e. The van der Waals surface area contributed by atoms with Crippen molar-refractivity contribution >= 4 is 6.09 Å². The molecular formula is C47H69NO14. The number of carbonyl (C=O) groups excluding carboxylic acids is 1. The Morgan fingerprint density at radius 2 is 0.710 bits per heavy atom. The van der Waals surface area contributed by atoms with E-state index in [2.05, 4.69) is 29.6 Å². The molecule has 4 rings (SSSR count). The van der Waals surface area contributed by atoms with Crippen LogP contribution in [0.25, 0.3) is 11.1 Å². The molecule has 0 saturated carbocycles. The number of fused-ring (bicyclic) bond motifs is 3. The number of nitrogens with one attached hydrogen (secondary N) is 1. The fourth-order valence-corrected chi connectivity index (χ4v) is 6.20. The average Bonchev–Trinajstić information content (AvgIpc) is 3.62. The summed E-state index contributed by atoms with van der Waals surface area (Å²) in [4.78, 5) is 12.3. The molecule has 346 valence electrons. The van der Waals surface area contributed by atoms with Gasteiger partial charge >= 0.3 is 6.09 Å². The SMILES string of the molecule is O=C(NCCCOCCOCCOCCOCCOCCOCCOCCOCCOCCOCCOCCOCc1ccccc1)OCC1c2ccccc2-c2ccccc21. The predicted molar refractivity (Wildman–Crippen MR) is 233 cm³/mol. The molecule has 0 spiro atoms. The second kappa shape index (κ2) is 35.9. The van der Waals surface area contributed by atoms with Crippen molar-refractivity contribution in [2.24, 2.45) is 0 Å². The van der Waals surface area contributed by atoms with Gasteiger partial charge in [-0.25, -0.2) is 4.79 Å². The molecule has 1 aliphatic carbocycles. The summed E-state index contributed by atoms with van der Waals surface area (Å²) in [5.41, 5.74) is 5.96. The number of amides is 1. The third kappa shape index (κ3) is 23.8. The van der Waals surface area contributed by atoms with Gasteiger partial charge in [0, 0.05) is 19.1 Å². The molecule has 1 N–H and O–H groups in total. The Labute approximate surface area is 367 Å². The van der Waals surface area contributed by atoms with Crippen LogP contribution in [-0.4, -0.2) is 171 Å². The van der Waals surface area contributed by atoms with Crippen molar-refractivity contribution in [2.45, 2.75) is 18.9 Å². The molecule has 3 aromatic carbocycles. The van der Waals surface area contributed by atoms with Crippen LogP contribution in [0, 0.1) is 0 Å². The average molecular weight is 872 g/mol. The second-order valence-corrected chi connectivity index (χ2v) is 13.9. The fraction of sp³-hybridized carbons (Fsp3) is 0.596. The number of alkyl carbamates (subject to hydrolysis) is 1. The van der Waals surface area contributed by atoms with Gasteiger partial charge in [-0.05, 0) is 34.2 Å². The number of hydrogen-bond acceptors (Lipinski definition) is 14. The number of rotatable bonds is 41. The van der Waals surface area contributed by atoms with Crippen molar-refractivity contribution in [1.29, 1.82) is 0 Å². The number of ether oxygens (including phenoxy) is 13. The third-order valence-electron chi connectivity index (χ3n) is 9.28. The highest BCUT2D eigenvalue weighted by atomic mass is 16.6. The van der Waals surface area contributed by atoms with Gasteiger partial charge in [0.2, 0.25) is 0 Å². The molecule has 0 bridgehead atoms. The standard InChI is InChI=1S/C47H69NO14/c49-47(62-40-46-44-13-6-4-11-42(44)43-12-5-7-14-45(43)46)48-15-8-16-50-17-18-51-19-20-52-21-22-53-23-24-54-25-26-55-27-28-56-29-30-57-31-32-58-33-34-59-35-36-60-37-38-61-39-41-9-2-1-3-10-41/h1-7,9-14,46H,8,15-40H2,(H,48,49). The zero-order valence-electron chi connectivity index (χ0n) is 36.4. The summed E-state index contributed by atoms with van der Waals surface area (Å²) in [6.45, 7) is 12.9. The van der Waals surface area contributed by atoms with E-state index in [9.17, 15) is 4.79 Å². The molecule has 62 heavy (non-hydrogen) atoms. The summed E-state index contributed by atoms with van der Waals surface area (Å²) < 4.78 is 71.9. The Bertz CT molecular complexity index is 1470. The van der Waals surface area contributed by atoms with E-state index in [0.717, 1.165) is 5.56 Å². The van der Waals surface area contributed by atoms with Crippen LogP contribution in [0.3, 0.4) is 0 Å². The zero-order valence-corrected chi connectivity index (χ0v) is 36.4. The Kier molecular flexibility index (Phi) is 29.5. The third-order valence-corrected chi connectivity index (χ3v) is 9.28. The van der Waals surface area contributed by atoms with Gasteiger partial charge in [0.1, 0.15) is 6.61 Å². The van der Waals surface area contributed by atoms with Crippen LogP contribution in [0.15, 0.2) is 78.9 Å². The van der Waals surface area contributed by atoms with Crippen LogP contribution in [0.4, 0.5) is 4.79 Å². The zero-order chi connectivity index (χ0) is 43.2. The monoisotopic (exact) mass is 871 g/mol. The number of benzene rings is 3. The van der Waals surface area contributed by atoms with Gasteiger partial charge in [0.25, 0.3) is 0 Å². The highest BCUT2D eigenvalue weighted by Gasteiger charge is 2.29. The maximum Gasteiger partial charge on any atom is 0.407 e. The molecule has 3 aromatic rings. The Morgan fingerprint density at radius 3 is 1.10 bits per heavy atom. The highest BCUT2D eigenvalue weighted by Crippen LogP contribution is 2.44. The van der Waals surface area contributed by atoms with Gasteiger partial charge in [-0.15, -0.1) is 0 Å². The van der Waals surface area contributed by atoms with Crippen molar-refractivity contribution in [3.05, 3.63) is 95.6 Å². The van der Waals surface area contributed by atoms with Crippen molar-refractivity contribution in [1.82, 2.24) is 5.32 Å². The predicted octanol–water partition coefficient (Wildman–Crippen LogP) is 5.31. The molecule has 0 radical (unpaired) electrons. The Hall–Kier alpha value is -3.55. The quantitative estimate of drug-likeness (QED) is 0.0734. The summed E-state index contributed by atoms with van der Waals surface area (Å²) in [5, 5.41) is 2.81. The van der Waals surface area contributed by atoms with Crippen molar-refractivity contribution in [3.8, 4) is 11.1 Å². The first kappa shape index (κ1) is 51.1. The minimum Gasteiger partial charge on any atom is -0.449 e. The number of hydrogen-bond donors (Lipinski definition) is 1. The normalized spacial score (nSPS) is 12.1. The van der Waals surface area contributed by atoms with Gasteiger partial charge in [-0.3, -0.25) is 0 Å². The van der Waals surface area contributed by atoms with Crippen LogP contribution in [0.5, 0.6) is 0 Å². The molecule has 0 aromatic heterocycles. The molecular weight excluding hydrogens is 803 g/mol. The highest BCUT2D eigenvalue weighted by molar-refractivity contribution is 5.79. The fourth-order valence-electron chi connectivity index (χ4n) is 6.20. The molecule has 0 heterocycles. The van der Waals surface area contributed by atoms with E-state index in [1.165, 1.54) is 22.3 Å². The van der Waals surface area contributed by atoms with Crippen molar-refractivity contribution in [2.75, 3.05) is 165 Å². The first-order valence-electron chi connectivity index (χ1n) is 21.9. The minimum absolute atomic E-state index is 0.0473. The van der Waals surface area contributed by atoms with Gasteiger partial charge in [-0.1, -0.05) is 78.9 Å². The molecule has 0 aliphatic heterocycles. The smallest absolute Gasteiger partial charge is 0.407 e. The van der Waals surface area contributed by atoms with Gasteiger partial charge in [-0.2, -0.15) is 0 Å². The lowest BCUT2D eigenvalue weighted by atomic mass is 9.98. The van der Waals surface area contributed by atoms with E-state index in [-0.39, 0.29) is 5.92 Å². The summed E-state index contributed by atoms with van der Waals surface area (Å²) in [5.74, 6) is 0.0473. The summed E-state index contributed by atoms with van der Waals surface area (Å²) in [6, 6.07) is 26.6. The summed E-state index contributed by atoms with van der Waals surface area (Å²) in [7, 11) is 0. The molecule has 15 heteroatoms. The molecule has 15 nitrogen and oxygen atoms in total. The van der Waals surface area contributed by atoms with E-state index >= 15 is 0 Å². The number of carbonyl (C=O) groups is 1. The van der Waals surface area contributed by atoms with Crippen LogP contribution in [-0.2, 0) is 68.2 Å². The van der Waals surface area contributed by atoms with E-state index < -0.39 is 6.09 Å². The van der Waals surface area contributed by atoms with E-state index in [1.807, 2.05) is 54.6 Å².